The van der Waals surface area contributed by atoms with Crippen LogP contribution in [0.25, 0.3) is 0 Å². The van der Waals surface area contributed by atoms with E-state index >= 15 is 0 Å². The van der Waals surface area contributed by atoms with Crippen molar-refractivity contribution in [2.45, 2.75) is 45.8 Å². The van der Waals surface area contributed by atoms with Crippen LogP contribution in [0.3, 0.4) is 0 Å². The molecule has 0 aromatic heterocycles. The molecule has 0 saturated carbocycles. The fourth-order valence-electron chi connectivity index (χ4n) is 2.60. The molecule has 2 N–H and O–H groups in total. The Bertz CT molecular complexity index is 456. The highest BCUT2D eigenvalue weighted by molar-refractivity contribution is 5.85. The second-order valence-electron chi connectivity index (χ2n) is 6.01. The number of hydrogen-bond acceptors (Lipinski definition) is 3. The normalized spacial score (nSPS) is 19.2. The number of carbonyl (C=O) groups is 1. The zero-order valence-corrected chi connectivity index (χ0v) is 14.4. The van der Waals surface area contributed by atoms with E-state index < -0.39 is 0 Å². The topological polar surface area (TPSA) is 50.4 Å². The number of hydrogen-bond donors (Lipinski definition) is 2. The lowest BCUT2D eigenvalue weighted by Crippen LogP contribution is -2.41. The summed E-state index contributed by atoms with van der Waals surface area (Å²) in [5.74, 6) is 1.12. The summed E-state index contributed by atoms with van der Waals surface area (Å²) in [5.41, 5.74) is 1.10. The largest absolute Gasteiger partial charge is 0.491 e. The van der Waals surface area contributed by atoms with Gasteiger partial charge in [-0.05, 0) is 57.9 Å². The molecule has 0 aliphatic carbocycles. The fraction of sp³-hybridized carbons (Fsp3) is 0.588. The van der Waals surface area contributed by atoms with Gasteiger partial charge in [-0.3, -0.25) is 4.79 Å². The van der Waals surface area contributed by atoms with Gasteiger partial charge in [-0.1, -0.05) is 12.1 Å². The smallest absolute Gasteiger partial charge is 0.224 e. The lowest BCUT2D eigenvalue weighted by molar-refractivity contribution is -0.126. The predicted molar refractivity (Wildman–Crippen MR) is 91.6 cm³/mol. The number of rotatable bonds is 5. The van der Waals surface area contributed by atoms with Crippen LogP contribution in [0.2, 0.25) is 0 Å². The molecule has 1 aliphatic heterocycles. The average molecular weight is 327 g/mol. The molecule has 1 fully saturated rings. The number of carbonyl (C=O) groups excluding carboxylic acids is 1. The van der Waals surface area contributed by atoms with Crippen LogP contribution in [0.4, 0.5) is 0 Å². The zero-order valence-electron chi connectivity index (χ0n) is 13.6. The predicted octanol–water partition coefficient (Wildman–Crippen LogP) is 3.07. The molecule has 0 bridgehead atoms. The first-order chi connectivity index (χ1) is 10.1. The van der Waals surface area contributed by atoms with Crippen molar-refractivity contribution < 1.29 is 9.53 Å². The first kappa shape index (κ1) is 18.8. The molecule has 5 heteroatoms. The maximum atomic E-state index is 12.2. The standard InChI is InChI=1S/C17H26N2O2.ClH/c1-12(2)21-16-8-6-14(7-9-16)13(3)19-17(20)15-5-4-10-18-11-15;/h6-9,12-13,15,18H,4-5,10-11H2,1-3H3,(H,19,20);1H/t13?,15-;/m1./s1. The van der Waals surface area contributed by atoms with Crippen molar-refractivity contribution in [1.82, 2.24) is 10.6 Å². The second kappa shape index (κ2) is 9.01. The number of nitrogens with one attached hydrogen (secondary N) is 2. The van der Waals surface area contributed by atoms with Crippen molar-refractivity contribution in [3.05, 3.63) is 29.8 Å². The van der Waals surface area contributed by atoms with Gasteiger partial charge in [0.1, 0.15) is 5.75 Å². The van der Waals surface area contributed by atoms with Crippen LogP contribution in [0.15, 0.2) is 24.3 Å². The number of ether oxygens (including phenoxy) is 1. The van der Waals surface area contributed by atoms with E-state index in [0.29, 0.717) is 0 Å². The third kappa shape index (κ3) is 5.50. The highest BCUT2D eigenvalue weighted by Crippen LogP contribution is 2.19. The lowest BCUT2D eigenvalue weighted by Gasteiger charge is -2.24. The summed E-state index contributed by atoms with van der Waals surface area (Å²) in [6.45, 7) is 7.85. The molecule has 0 radical (unpaired) electrons. The molecule has 1 amide bonds. The minimum Gasteiger partial charge on any atom is -0.491 e. The van der Waals surface area contributed by atoms with Gasteiger partial charge < -0.3 is 15.4 Å². The van der Waals surface area contributed by atoms with Crippen molar-refractivity contribution in [1.29, 1.82) is 0 Å². The third-order valence-electron chi connectivity index (χ3n) is 3.78. The molecule has 1 heterocycles. The molecular weight excluding hydrogens is 300 g/mol. The number of amides is 1. The number of piperidine rings is 1. The van der Waals surface area contributed by atoms with E-state index in [1.165, 1.54) is 0 Å². The van der Waals surface area contributed by atoms with Gasteiger partial charge in [-0.2, -0.15) is 0 Å². The monoisotopic (exact) mass is 326 g/mol. The van der Waals surface area contributed by atoms with Gasteiger partial charge in [-0.15, -0.1) is 12.4 Å². The Morgan fingerprint density at radius 1 is 1.27 bits per heavy atom. The van der Waals surface area contributed by atoms with E-state index in [9.17, 15) is 4.79 Å². The molecule has 124 valence electrons. The number of halogens is 1. The molecule has 1 saturated heterocycles. The Morgan fingerprint density at radius 3 is 2.50 bits per heavy atom. The van der Waals surface area contributed by atoms with Crippen LogP contribution in [-0.2, 0) is 4.79 Å². The number of benzene rings is 1. The Morgan fingerprint density at radius 2 is 1.95 bits per heavy atom. The van der Waals surface area contributed by atoms with Crippen molar-refractivity contribution in [3.8, 4) is 5.75 Å². The molecular formula is C17H27ClN2O2. The molecule has 1 aromatic rings. The average Bonchev–Trinajstić information content (AvgIpc) is 2.48. The summed E-state index contributed by atoms with van der Waals surface area (Å²) in [7, 11) is 0. The summed E-state index contributed by atoms with van der Waals surface area (Å²) >= 11 is 0. The minimum absolute atomic E-state index is 0. The highest BCUT2D eigenvalue weighted by atomic mass is 35.5. The maximum absolute atomic E-state index is 12.2. The van der Waals surface area contributed by atoms with Crippen LogP contribution in [0.5, 0.6) is 5.75 Å². The van der Waals surface area contributed by atoms with E-state index in [-0.39, 0.29) is 36.4 Å². The van der Waals surface area contributed by atoms with Crippen LogP contribution in [-0.4, -0.2) is 25.1 Å². The summed E-state index contributed by atoms with van der Waals surface area (Å²) in [6.07, 6.45) is 2.23. The highest BCUT2D eigenvalue weighted by Gasteiger charge is 2.22. The minimum atomic E-state index is 0. The van der Waals surface area contributed by atoms with Crippen LogP contribution in [0.1, 0.15) is 45.2 Å². The Kier molecular flexibility index (Phi) is 7.69. The van der Waals surface area contributed by atoms with Crippen molar-refractivity contribution >= 4 is 18.3 Å². The van der Waals surface area contributed by atoms with Gasteiger partial charge in [0.15, 0.2) is 0 Å². The van der Waals surface area contributed by atoms with Crippen LogP contribution < -0.4 is 15.4 Å². The van der Waals surface area contributed by atoms with Crippen LogP contribution in [0, 0.1) is 5.92 Å². The van der Waals surface area contributed by atoms with E-state index in [4.69, 9.17) is 4.74 Å². The van der Waals surface area contributed by atoms with E-state index in [1.807, 2.05) is 45.0 Å². The molecule has 2 rings (SSSR count). The quantitative estimate of drug-likeness (QED) is 0.874. The van der Waals surface area contributed by atoms with Gasteiger partial charge in [0.05, 0.1) is 18.1 Å². The van der Waals surface area contributed by atoms with E-state index in [1.54, 1.807) is 0 Å². The molecule has 2 atom stereocenters. The molecule has 1 aromatic carbocycles. The SMILES string of the molecule is CC(C)Oc1ccc(C(C)NC(=O)[C@@H]2CCCNC2)cc1.Cl. The molecule has 22 heavy (non-hydrogen) atoms. The molecule has 4 nitrogen and oxygen atoms in total. The third-order valence-corrected chi connectivity index (χ3v) is 3.78. The van der Waals surface area contributed by atoms with E-state index in [0.717, 1.165) is 37.2 Å². The van der Waals surface area contributed by atoms with Crippen molar-refractivity contribution in [2.75, 3.05) is 13.1 Å². The fourth-order valence-corrected chi connectivity index (χ4v) is 2.60. The summed E-state index contributed by atoms with van der Waals surface area (Å²) in [5, 5.41) is 6.38. The molecule has 1 aliphatic rings. The van der Waals surface area contributed by atoms with Gasteiger partial charge in [0.25, 0.3) is 0 Å². The van der Waals surface area contributed by atoms with Crippen molar-refractivity contribution in [2.24, 2.45) is 5.92 Å². The first-order valence-corrected chi connectivity index (χ1v) is 7.84. The van der Waals surface area contributed by atoms with Gasteiger partial charge >= 0.3 is 0 Å². The van der Waals surface area contributed by atoms with Gasteiger partial charge in [0.2, 0.25) is 5.91 Å². The maximum Gasteiger partial charge on any atom is 0.224 e. The van der Waals surface area contributed by atoms with Gasteiger partial charge in [-0.25, -0.2) is 0 Å². The Balaban J connectivity index is 0.00000242. The lowest BCUT2D eigenvalue weighted by atomic mass is 9.98. The van der Waals surface area contributed by atoms with E-state index in [2.05, 4.69) is 10.6 Å². The summed E-state index contributed by atoms with van der Waals surface area (Å²) in [6, 6.07) is 7.97. The molecule has 0 spiro atoms. The zero-order chi connectivity index (χ0) is 15.2. The first-order valence-electron chi connectivity index (χ1n) is 7.84. The van der Waals surface area contributed by atoms with Crippen LogP contribution >= 0.6 is 12.4 Å². The van der Waals surface area contributed by atoms with Crippen molar-refractivity contribution in [3.63, 3.8) is 0 Å². The summed E-state index contributed by atoms with van der Waals surface area (Å²) < 4.78 is 5.63. The molecule has 1 unspecified atom stereocenters. The van der Waals surface area contributed by atoms with Gasteiger partial charge in [0, 0.05) is 6.54 Å². The Labute approximate surface area is 139 Å². The second-order valence-corrected chi connectivity index (χ2v) is 6.01. The summed E-state index contributed by atoms with van der Waals surface area (Å²) in [4.78, 5) is 12.2. The Hall–Kier alpha value is -1.26.